The number of nitrogens with zero attached hydrogens (tertiary/aromatic N) is 1. The van der Waals surface area contributed by atoms with Crippen LogP contribution in [0.15, 0.2) is 12.2 Å². The van der Waals surface area contributed by atoms with E-state index < -0.39 is 5.91 Å². The van der Waals surface area contributed by atoms with E-state index in [9.17, 15) is 14.4 Å². The van der Waals surface area contributed by atoms with E-state index in [1.807, 2.05) is 12.2 Å². The molecule has 0 aromatic heterocycles. The quantitative estimate of drug-likeness (QED) is 0.413. The second-order valence-corrected chi connectivity index (χ2v) is 4.15. The highest BCUT2D eigenvalue weighted by Crippen LogP contribution is 2.34. The molecule has 2 unspecified atom stereocenters. The zero-order valence-corrected chi connectivity index (χ0v) is 9.51. The Kier molecular flexibility index (Phi) is 3.23. The normalized spacial score (nSPS) is 27.2. The molecule has 3 amide bonds. The van der Waals surface area contributed by atoms with Crippen molar-refractivity contribution in [2.75, 3.05) is 13.7 Å². The van der Waals surface area contributed by atoms with Gasteiger partial charge in [-0.3, -0.25) is 24.1 Å². The van der Waals surface area contributed by atoms with Gasteiger partial charge in [0.15, 0.2) is 0 Å². The molecular weight excluding hydrogens is 224 g/mol. The number of allylic oxidation sites excluding steroid dienone is 2. The molecule has 92 valence electrons. The molecule has 1 aliphatic heterocycles. The summed E-state index contributed by atoms with van der Waals surface area (Å²) < 4.78 is 0. The SMILES string of the molecule is CONC(=O)CN1C(=O)C2CC=CCC2C1=O. The molecule has 2 rings (SSSR count). The first-order valence-corrected chi connectivity index (χ1v) is 5.47. The summed E-state index contributed by atoms with van der Waals surface area (Å²) in [6, 6.07) is 0. The molecule has 0 aromatic carbocycles. The van der Waals surface area contributed by atoms with Crippen molar-refractivity contribution in [2.24, 2.45) is 11.8 Å². The van der Waals surface area contributed by atoms with Crippen LogP contribution in [0, 0.1) is 11.8 Å². The molecule has 2 atom stereocenters. The monoisotopic (exact) mass is 238 g/mol. The Labute approximate surface area is 98.5 Å². The molecule has 1 heterocycles. The van der Waals surface area contributed by atoms with Crippen LogP contribution in [0.1, 0.15) is 12.8 Å². The Morgan fingerprint density at radius 3 is 2.35 bits per heavy atom. The fraction of sp³-hybridized carbons (Fsp3) is 0.545. The summed E-state index contributed by atoms with van der Waals surface area (Å²) in [6.07, 6.45) is 4.98. The van der Waals surface area contributed by atoms with Crippen molar-refractivity contribution in [3.05, 3.63) is 12.2 Å². The number of hydrogen-bond donors (Lipinski definition) is 1. The molecule has 6 nitrogen and oxygen atoms in total. The lowest BCUT2D eigenvalue weighted by atomic mass is 9.85. The van der Waals surface area contributed by atoms with Crippen LogP contribution in [-0.4, -0.2) is 36.3 Å². The lowest BCUT2D eigenvalue weighted by Gasteiger charge is -2.14. The number of amides is 3. The number of rotatable bonds is 3. The Morgan fingerprint density at radius 1 is 1.35 bits per heavy atom. The molecule has 0 spiro atoms. The van der Waals surface area contributed by atoms with Crippen LogP contribution in [0.5, 0.6) is 0 Å². The van der Waals surface area contributed by atoms with Crippen molar-refractivity contribution in [1.82, 2.24) is 10.4 Å². The van der Waals surface area contributed by atoms with Crippen LogP contribution in [0.3, 0.4) is 0 Å². The van der Waals surface area contributed by atoms with Gasteiger partial charge in [0.25, 0.3) is 5.91 Å². The van der Waals surface area contributed by atoms with Gasteiger partial charge < -0.3 is 0 Å². The Balaban J connectivity index is 2.07. The van der Waals surface area contributed by atoms with Crippen LogP contribution in [0.4, 0.5) is 0 Å². The number of hydroxylamine groups is 1. The molecular formula is C11H14N2O4. The maximum absolute atomic E-state index is 11.9. The van der Waals surface area contributed by atoms with Crippen LogP contribution in [-0.2, 0) is 19.2 Å². The summed E-state index contributed by atoms with van der Waals surface area (Å²) >= 11 is 0. The van der Waals surface area contributed by atoms with E-state index in [-0.39, 0.29) is 30.2 Å². The largest absolute Gasteiger partial charge is 0.277 e. The van der Waals surface area contributed by atoms with Crippen molar-refractivity contribution in [3.63, 3.8) is 0 Å². The third-order valence-corrected chi connectivity index (χ3v) is 3.12. The number of hydrogen-bond acceptors (Lipinski definition) is 4. The predicted molar refractivity (Wildman–Crippen MR) is 57.2 cm³/mol. The minimum Gasteiger partial charge on any atom is -0.277 e. The average molecular weight is 238 g/mol. The molecule has 1 fully saturated rings. The average Bonchev–Trinajstić information content (AvgIpc) is 2.56. The van der Waals surface area contributed by atoms with E-state index in [0.29, 0.717) is 12.8 Å². The lowest BCUT2D eigenvalue weighted by molar-refractivity contribution is -0.146. The maximum Gasteiger partial charge on any atom is 0.263 e. The molecule has 6 heteroatoms. The van der Waals surface area contributed by atoms with Crippen molar-refractivity contribution in [1.29, 1.82) is 0 Å². The molecule has 2 aliphatic rings. The van der Waals surface area contributed by atoms with Crippen molar-refractivity contribution in [2.45, 2.75) is 12.8 Å². The lowest BCUT2D eigenvalue weighted by Crippen LogP contribution is -2.40. The summed E-state index contributed by atoms with van der Waals surface area (Å²) in [4.78, 5) is 40.6. The fourth-order valence-electron chi connectivity index (χ4n) is 2.31. The van der Waals surface area contributed by atoms with E-state index in [4.69, 9.17) is 0 Å². The summed E-state index contributed by atoms with van der Waals surface area (Å²) in [5.41, 5.74) is 2.09. The first-order chi connectivity index (χ1) is 8.15. The minimum absolute atomic E-state index is 0.254. The van der Waals surface area contributed by atoms with E-state index in [0.717, 1.165) is 4.90 Å². The van der Waals surface area contributed by atoms with Crippen molar-refractivity contribution >= 4 is 17.7 Å². The Hall–Kier alpha value is -1.69. The summed E-state index contributed by atoms with van der Waals surface area (Å²) in [5, 5.41) is 0. The van der Waals surface area contributed by atoms with E-state index >= 15 is 0 Å². The van der Waals surface area contributed by atoms with E-state index in [2.05, 4.69) is 10.3 Å². The zero-order chi connectivity index (χ0) is 12.4. The zero-order valence-electron chi connectivity index (χ0n) is 9.51. The number of likely N-dealkylation sites (tertiary alicyclic amines) is 1. The van der Waals surface area contributed by atoms with Gasteiger partial charge >= 0.3 is 0 Å². The van der Waals surface area contributed by atoms with Gasteiger partial charge in [-0.25, -0.2) is 5.48 Å². The van der Waals surface area contributed by atoms with Crippen LogP contribution in [0.2, 0.25) is 0 Å². The molecule has 1 N–H and O–H groups in total. The van der Waals surface area contributed by atoms with Crippen LogP contribution in [0.25, 0.3) is 0 Å². The first kappa shape index (κ1) is 11.8. The molecule has 0 radical (unpaired) electrons. The summed E-state index contributed by atoms with van der Waals surface area (Å²) in [5.74, 6) is -1.59. The van der Waals surface area contributed by atoms with Gasteiger partial charge in [0.1, 0.15) is 6.54 Å². The standard InChI is InChI=1S/C11H14N2O4/c1-17-12-9(14)6-13-10(15)7-4-2-3-5-8(7)11(13)16/h2-3,7-8H,4-6H2,1H3,(H,12,14). The van der Waals surface area contributed by atoms with E-state index in [1.165, 1.54) is 7.11 Å². The highest BCUT2D eigenvalue weighted by atomic mass is 16.6. The number of carbonyl (C=O) groups excluding carboxylic acids is 3. The van der Waals surface area contributed by atoms with Gasteiger partial charge in [0.05, 0.1) is 18.9 Å². The van der Waals surface area contributed by atoms with Crippen molar-refractivity contribution in [3.8, 4) is 0 Å². The second kappa shape index (κ2) is 4.67. The smallest absolute Gasteiger partial charge is 0.263 e. The third-order valence-electron chi connectivity index (χ3n) is 3.12. The van der Waals surface area contributed by atoms with Gasteiger partial charge in [0.2, 0.25) is 11.8 Å². The molecule has 0 aromatic rings. The Bertz CT molecular complexity index is 365. The van der Waals surface area contributed by atoms with Crippen molar-refractivity contribution < 1.29 is 19.2 Å². The third kappa shape index (κ3) is 2.08. The molecule has 1 aliphatic carbocycles. The second-order valence-electron chi connectivity index (χ2n) is 4.15. The predicted octanol–water partition coefficient (Wildman–Crippen LogP) is -0.385. The molecule has 0 bridgehead atoms. The molecule has 0 saturated carbocycles. The minimum atomic E-state index is -0.499. The van der Waals surface area contributed by atoms with Crippen LogP contribution < -0.4 is 5.48 Å². The first-order valence-electron chi connectivity index (χ1n) is 5.47. The number of carbonyl (C=O) groups is 3. The maximum atomic E-state index is 11.9. The number of imide groups is 1. The Morgan fingerprint density at radius 2 is 1.88 bits per heavy atom. The van der Waals surface area contributed by atoms with Gasteiger partial charge in [-0.05, 0) is 12.8 Å². The molecule has 1 saturated heterocycles. The highest BCUT2D eigenvalue weighted by Gasteiger charge is 2.47. The summed E-state index contributed by atoms with van der Waals surface area (Å²) in [6.45, 7) is -0.265. The molecule has 17 heavy (non-hydrogen) atoms. The van der Waals surface area contributed by atoms with E-state index in [1.54, 1.807) is 0 Å². The van der Waals surface area contributed by atoms with Crippen LogP contribution >= 0.6 is 0 Å². The van der Waals surface area contributed by atoms with Gasteiger partial charge in [-0.15, -0.1) is 0 Å². The van der Waals surface area contributed by atoms with Gasteiger partial charge in [0, 0.05) is 0 Å². The van der Waals surface area contributed by atoms with Gasteiger partial charge in [-0.2, -0.15) is 0 Å². The topological polar surface area (TPSA) is 75.7 Å². The summed E-state index contributed by atoms with van der Waals surface area (Å²) in [7, 11) is 1.30. The number of nitrogens with one attached hydrogen (secondary N) is 1. The fourth-order valence-corrected chi connectivity index (χ4v) is 2.31. The highest BCUT2D eigenvalue weighted by molar-refractivity contribution is 6.07. The van der Waals surface area contributed by atoms with Gasteiger partial charge in [-0.1, -0.05) is 12.2 Å². The number of fused-ring (bicyclic) bond motifs is 1.